The molecule has 0 bridgehead atoms. The van der Waals surface area contributed by atoms with Gasteiger partial charge in [0, 0.05) is 6.04 Å². The molecule has 1 aliphatic carbocycles. The van der Waals surface area contributed by atoms with Crippen LogP contribution in [0.1, 0.15) is 50.5 Å². The predicted octanol–water partition coefficient (Wildman–Crippen LogP) is 3.42. The Balaban J connectivity index is 1.67. The first kappa shape index (κ1) is 13.6. The largest absolute Gasteiger partial charge is 0.271 e. The van der Waals surface area contributed by atoms with Crippen LogP contribution in [-0.2, 0) is 6.42 Å². The van der Waals surface area contributed by atoms with Gasteiger partial charge in [0.2, 0.25) is 0 Å². The highest BCUT2D eigenvalue weighted by Crippen LogP contribution is 2.29. The zero-order chi connectivity index (χ0) is 12.6. The van der Waals surface area contributed by atoms with Gasteiger partial charge in [-0.25, -0.2) is 0 Å². The number of hydrogen-bond donors (Lipinski definition) is 2. The molecule has 0 aromatic heterocycles. The molecule has 1 unspecified atom stereocenters. The summed E-state index contributed by atoms with van der Waals surface area (Å²) in [6.45, 7) is 0. The fourth-order valence-electron chi connectivity index (χ4n) is 3.11. The van der Waals surface area contributed by atoms with Crippen molar-refractivity contribution < 1.29 is 0 Å². The average molecular weight is 246 g/mol. The van der Waals surface area contributed by atoms with E-state index in [2.05, 4.69) is 35.8 Å². The van der Waals surface area contributed by atoms with E-state index in [1.165, 1.54) is 56.9 Å². The van der Waals surface area contributed by atoms with Crippen LogP contribution in [0.3, 0.4) is 0 Å². The van der Waals surface area contributed by atoms with Gasteiger partial charge in [-0.1, -0.05) is 56.0 Å². The second-order valence-electron chi connectivity index (χ2n) is 5.63. The van der Waals surface area contributed by atoms with Gasteiger partial charge in [-0.3, -0.25) is 11.3 Å². The highest BCUT2D eigenvalue weighted by molar-refractivity contribution is 5.14. The Morgan fingerprint density at radius 2 is 1.89 bits per heavy atom. The topological polar surface area (TPSA) is 38.0 Å². The number of nitrogens with one attached hydrogen (secondary N) is 1. The molecule has 100 valence electrons. The van der Waals surface area contributed by atoms with Crippen molar-refractivity contribution >= 4 is 0 Å². The SMILES string of the molecule is NNC(CCCc1ccccc1)CC1CCCC1. The standard InChI is InChI=1S/C16H26N2/c17-18-16(13-15-9-4-5-10-15)12-6-11-14-7-2-1-3-8-14/h1-3,7-8,15-16,18H,4-6,9-13,17H2. The Kier molecular flexibility index (Phi) is 5.69. The van der Waals surface area contributed by atoms with E-state index in [0.29, 0.717) is 6.04 Å². The Morgan fingerprint density at radius 1 is 1.17 bits per heavy atom. The van der Waals surface area contributed by atoms with Gasteiger partial charge in [-0.15, -0.1) is 0 Å². The number of hydrogen-bond acceptors (Lipinski definition) is 2. The normalized spacial score (nSPS) is 18.1. The zero-order valence-corrected chi connectivity index (χ0v) is 11.3. The summed E-state index contributed by atoms with van der Waals surface area (Å²) >= 11 is 0. The highest BCUT2D eigenvalue weighted by Gasteiger charge is 2.19. The third kappa shape index (κ3) is 4.43. The predicted molar refractivity (Wildman–Crippen MR) is 77.1 cm³/mol. The number of aryl methyl sites for hydroxylation is 1. The molecule has 0 saturated heterocycles. The third-order valence-corrected chi connectivity index (χ3v) is 4.19. The van der Waals surface area contributed by atoms with E-state index in [4.69, 9.17) is 5.84 Å². The summed E-state index contributed by atoms with van der Waals surface area (Å²) in [6, 6.07) is 11.2. The van der Waals surface area contributed by atoms with Crippen LogP contribution >= 0.6 is 0 Å². The van der Waals surface area contributed by atoms with Crippen LogP contribution in [0.25, 0.3) is 0 Å². The molecular formula is C16H26N2. The lowest BCUT2D eigenvalue weighted by atomic mass is 9.95. The van der Waals surface area contributed by atoms with Gasteiger partial charge in [-0.2, -0.15) is 0 Å². The van der Waals surface area contributed by atoms with Crippen molar-refractivity contribution in [3.05, 3.63) is 35.9 Å². The van der Waals surface area contributed by atoms with E-state index in [1.54, 1.807) is 0 Å². The Hall–Kier alpha value is -0.860. The maximum absolute atomic E-state index is 5.68. The molecular weight excluding hydrogens is 220 g/mol. The van der Waals surface area contributed by atoms with Gasteiger partial charge in [0.15, 0.2) is 0 Å². The van der Waals surface area contributed by atoms with E-state index in [9.17, 15) is 0 Å². The summed E-state index contributed by atoms with van der Waals surface area (Å²) in [7, 11) is 0. The van der Waals surface area contributed by atoms with E-state index < -0.39 is 0 Å². The van der Waals surface area contributed by atoms with Crippen LogP contribution in [0.4, 0.5) is 0 Å². The van der Waals surface area contributed by atoms with Crippen LogP contribution in [-0.4, -0.2) is 6.04 Å². The number of benzene rings is 1. The van der Waals surface area contributed by atoms with Crippen LogP contribution in [0, 0.1) is 5.92 Å². The summed E-state index contributed by atoms with van der Waals surface area (Å²) in [4.78, 5) is 0. The summed E-state index contributed by atoms with van der Waals surface area (Å²) in [5, 5.41) is 0. The molecule has 18 heavy (non-hydrogen) atoms. The molecule has 0 heterocycles. The molecule has 1 aromatic rings. The molecule has 0 amide bonds. The van der Waals surface area contributed by atoms with Crippen molar-refractivity contribution in [3.8, 4) is 0 Å². The van der Waals surface area contributed by atoms with Gasteiger partial charge in [0.25, 0.3) is 0 Å². The lowest BCUT2D eigenvalue weighted by Gasteiger charge is -2.19. The zero-order valence-electron chi connectivity index (χ0n) is 11.3. The fraction of sp³-hybridized carbons (Fsp3) is 0.625. The van der Waals surface area contributed by atoms with E-state index in [1.807, 2.05) is 0 Å². The first-order chi connectivity index (χ1) is 8.88. The first-order valence-electron chi connectivity index (χ1n) is 7.38. The van der Waals surface area contributed by atoms with Crippen molar-refractivity contribution in [1.29, 1.82) is 0 Å². The van der Waals surface area contributed by atoms with Crippen LogP contribution in [0.2, 0.25) is 0 Å². The van der Waals surface area contributed by atoms with Crippen molar-refractivity contribution in [1.82, 2.24) is 5.43 Å². The quantitative estimate of drug-likeness (QED) is 0.571. The fourth-order valence-corrected chi connectivity index (χ4v) is 3.11. The Bertz CT molecular complexity index is 317. The number of rotatable bonds is 7. The minimum absolute atomic E-state index is 0.511. The summed E-state index contributed by atoms with van der Waals surface area (Å²) < 4.78 is 0. The van der Waals surface area contributed by atoms with Gasteiger partial charge in [0.1, 0.15) is 0 Å². The van der Waals surface area contributed by atoms with Crippen LogP contribution < -0.4 is 11.3 Å². The molecule has 0 spiro atoms. The third-order valence-electron chi connectivity index (χ3n) is 4.19. The molecule has 1 fully saturated rings. The molecule has 3 N–H and O–H groups in total. The second-order valence-corrected chi connectivity index (χ2v) is 5.63. The smallest absolute Gasteiger partial charge is 0.0213 e. The van der Waals surface area contributed by atoms with Gasteiger partial charge in [-0.05, 0) is 37.2 Å². The Labute approximate surface area is 111 Å². The van der Waals surface area contributed by atoms with E-state index >= 15 is 0 Å². The van der Waals surface area contributed by atoms with E-state index in [-0.39, 0.29) is 0 Å². The summed E-state index contributed by atoms with van der Waals surface area (Å²) in [6.07, 6.45) is 10.5. The van der Waals surface area contributed by atoms with Crippen molar-refractivity contribution in [2.75, 3.05) is 0 Å². The molecule has 0 aliphatic heterocycles. The number of hydrazine groups is 1. The van der Waals surface area contributed by atoms with E-state index in [0.717, 1.165) is 5.92 Å². The van der Waals surface area contributed by atoms with Gasteiger partial charge in [0.05, 0.1) is 0 Å². The Morgan fingerprint density at radius 3 is 2.56 bits per heavy atom. The molecule has 1 saturated carbocycles. The van der Waals surface area contributed by atoms with Crippen molar-refractivity contribution in [2.24, 2.45) is 11.8 Å². The summed E-state index contributed by atoms with van der Waals surface area (Å²) in [5.41, 5.74) is 4.45. The van der Waals surface area contributed by atoms with Crippen molar-refractivity contribution in [2.45, 2.75) is 57.4 Å². The monoisotopic (exact) mass is 246 g/mol. The minimum atomic E-state index is 0.511. The highest BCUT2D eigenvalue weighted by atomic mass is 15.2. The average Bonchev–Trinajstić information content (AvgIpc) is 2.92. The van der Waals surface area contributed by atoms with Gasteiger partial charge < -0.3 is 0 Å². The summed E-state index contributed by atoms with van der Waals surface area (Å²) in [5.74, 6) is 6.60. The molecule has 1 aromatic carbocycles. The maximum atomic E-state index is 5.68. The van der Waals surface area contributed by atoms with Crippen LogP contribution in [0.5, 0.6) is 0 Å². The molecule has 0 radical (unpaired) electrons. The molecule has 2 nitrogen and oxygen atoms in total. The minimum Gasteiger partial charge on any atom is -0.271 e. The maximum Gasteiger partial charge on any atom is 0.0213 e. The first-order valence-corrected chi connectivity index (χ1v) is 7.38. The van der Waals surface area contributed by atoms with Gasteiger partial charge >= 0.3 is 0 Å². The lowest BCUT2D eigenvalue weighted by Crippen LogP contribution is -2.36. The molecule has 1 atom stereocenters. The van der Waals surface area contributed by atoms with Crippen LogP contribution in [0.15, 0.2) is 30.3 Å². The lowest BCUT2D eigenvalue weighted by molar-refractivity contribution is 0.369. The number of nitrogens with two attached hydrogens (primary N) is 1. The molecule has 2 heteroatoms. The molecule has 1 aliphatic rings. The molecule has 2 rings (SSSR count). The second kappa shape index (κ2) is 7.55. The van der Waals surface area contributed by atoms with Crippen molar-refractivity contribution in [3.63, 3.8) is 0 Å².